The molecule has 1 aliphatic carbocycles. The maximum Gasteiger partial charge on any atom is 0.534 e. The number of epoxide rings is 1. The molecule has 1 heterocycles. The molecule has 0 unspecified atom stereocenters. The van der Waals surface area contributed by atoms with E-state index in [1.165, 1.54) is 0 Å². The zero-order chi connectivity index (χ0) is 18.7. The third-order valence-corrected chi connectivity index (χ3v) is 9.99. The van der Waals surface area contributed by atoms with Gasteiger partial charge in [0, 0.05) is 0 Å². The Balaban J connectivity index is 2.25. The maximum absolute atomic E-state index is 12.5. The summed E-state index contributed by atoms with van der Waals surface area (Å²) in [6.45, 7) is 9.68. The van der Waals surface area contributed by atoms with E-state index in [1.54, 1.807) is 0 Å². The third kappa shape index (κ3) is 3.64. The van der Waals surface area contributed by atoms with Gasteiger partial charge in [0.05, 0.1) is 6.10 Å². The SMILES string of the molecule is CC(C)(C)[Si](C)(C)O[C@H]1C=C(OS(=O)(=O)C(F)(F)F)[C@H]2O[C@H]2[C@@H]1O. The number of alkyl halides is 3. The summed E-state index contributed by atoms with van der Waals surface area (Å²) < 4.78 is 75.0. The topological polar surface area (TPSA) is 85.4 Å². The minimum atomic E-state index is -5.79. The van der Waals surface area contributed by atoms with Crippen LogP contribution in [0.5, 0.6) is 0 Å². The monoisotopic (exact) mass is 390 g/mol. The molecule has 1 aliphatic heterocycles. The third-order valence-electron chi connectivity index (χ3n) is 4.53. The highest BCUT2D eigenvalue weighted by Crippen LogP contribution is 2.44. The number of fused-ring (bicyclic) bond motifs is 1. The van der Waals surface area contributed by atoms with Crippen LogP contribution in [0, 0.1) is 0 Å². The first kappa shape index (κ1) is 19.7. The summed E-state index contributed by atoms with van der Waals surface area (Å²) in [5.74, 6) is -0.494. The summed E-state index contributed by atoms with van der Waals surface area (Å²) in [4.78, 5) is 0. The summed E-state index contributed by atoms with van der Waals surface area (Å²) in [5, 5.41) is 9.98. The number of aliphatic hydroxyl groups is 1. The molecule has 1 fully saturated rings. The van der Waals surface area contributed by atoms with Gasteiger partial charge in [-0.3, -0.25) is 0 Å². The zero-order valence-corrected chi connectivity index (χ0v) is 15.7. The number of halogens is 3. The average molecular weight is 390 g/mol. The minimum absolute atomic E-state index is 0.207. The number of aliphatic hydroxyl groups excluding tert-OH is 1. The van der Waals surface area contributed by atoms with E-state index in [9.17, 15) is 26.7 Å². The molecule has 0 amide bonds. The molecule has 2 aliphatic rings. The van der Waals surface area contributed by atoms with Crippen molar-refractivity contribution in [1.29, 1.82) is 0 Å². The van der Waals surface area contributed by atoms with Crippen molar-refractivity contribution in [2.75, 3.05) is 0 Å². The Morgan fingerprint density at radius 1 is 1.25 bits per heavy atom. The second kappa shape index (κ2) is 5.69. The molecule has 0 radical (unpaired) electrons. The van der Waals surface area contributed by atoms with Crippen molar-refractivity contribution in [3.8, 4) is 0 Å². The molecule has 0 bridgehead atoms. The maximum atomic E-state index is 12.5. The highest BCUT2D eigenvalue weighted by atomic mass is 32.2. The van der Waals surface area contributed by atoms with Gasteiger partial charge < -0.3 is 18.5 Å². The number of ether oxygens (including phenoxy) is 1. The van der Waals surface area contributed by atoms with Gasteiger partial charge in [-0.2, -0.15) is 21.6 Å². The first-order chi connectivity index (χ1) is 10.6. The summed E-state index contributed by atoms with van der Waals surface area (Å²) in [6.07, 6.45) is -2.85. The largest absolute Gasteiger partial charge is 0.534 e. The average Bonchev–Trinajstić information content (AvgIpc) is 3.12. The normalized spacial score (nSPS) is 31.3. The Hall–Kier alpha value is -0.623. The van der Waals surface area contributed by atoms with Crippen molar-refractivity contribution in [1.82, 2.24) is 0 Å². The molecular formula is C13H21F3O6SSi. The molecule has 0 aromatic rings. The Kier molecular flexibility index (Phi) is 4.67. The summed E-state index contributed by atoms with van der Waals surface area (Å²) in [7, 11) is -8.15. The molecular weight excluding hydrogens is 369 g/mol. The molecule has 0 aromatic heterocycles. The van der Waals surface area contributed by atoms with Crippen LogP contribution < -0.4 is 0 Å². The lowest BCUT2D eigenvalue weighted by atomic mass is 10.0. The van der Waals surface area contributed by atoms with Gasteiger partial charge in [-0.05, 0) is 24.2 Å². The lowest BCUT2D eigenvalue weighted by Crippen LogP contribution is -2.49. The number of hydrogen-bond donors (Lipinski definition) is 1. The quantitative estimate of drug-likeness (QED) is 0.343. The van der Waals surface area contributed by atoms with E-state index < -0.39 is 54.1 Å². The lowest BCUT2D eigenvalue weighted by molar-refractivity contribution is -0.0526. The van der Waals surface area contributed by atoms with E-state index >= 15 is 0 Å². The van der Waals surface area contributed by atoms with Gasteiger partial charge in [-0.1, -0.05) is 20.8 Å². The van der Waals surface area contributed by atoms with Crippen LogP contribution >= 0.6 is 0 Å². The van der Waals surface area contributed by atoms with Crippen LogP contribution in [0.3, 0.4) is 0 Å². The fourth-order valence-electron chi connectivity index (χ4n) is 2.02. The van der Waals surface area contributed by atoms with Crippen LogP contribution in [0.15, 0.2) is 11.8 Å². The van der Waals surface area contributed by atoms with Crippen molar-refractivity contribution >= 4 is 18.4 Å². The van der Waals surface area contributed by atoms with Crippen molar-refractivity contribution in [3.63, 3.8) is 0 Å². The van der Waals surface area contributed by atoms with Crippen molar-refractivity contribution in [3.05, 3.63) is 11.8 Å². The van der Waals surface area contributed by atoms with Crippen LogP contribution in [0.25, 0.3) is 0 Å². The van der Waals surface area contributed by atoms with E-state index in [0.717, 1.165) is 6.08 Å². The molecule has 2 rings (SSSR count). The van der Waals surface area contributed by atoms with Gasteiger partial charge in [0.2, 0.25) is 0 Å². The van der Waals surface area contributed by atoms with E-state index in [1.807, 2.05) is 33.9 Å². The summed E-state index contributed by atoms with van der Waals surface area (Å²) in [6, 6.07) is 0. The number of rotatable bonds is 4. The highest BCUT2D eigenvalue weighted by Gasteiger charge is 2.58. The van der Waals surface area contributed by atoms with E-state index in [4.69, 9.17) is 9.16 Å². The Morgan fingerprint density at radius 2 is 1.79 bits per heavy atom. The predicted octanol–water partition coefficient (Wildman–Crippen LogP) is 2.27. The first-order valence-electron chi connectivity index (χ1n) is 7.31. The molecule has 24 heavy (non-hydrogen) atoms. The van der Waals surface area contributed by atoms with Gasteiger partial charge >= 0.3 is 15.6 Å². The van der Waals surface area contributed by atoms with E-state index in [0.29, 0.717) is 0 Å². The zero-order valence-electron chi connectivity index (χ0n) is 13.9. The van der Waals surface area contributed by atoms with Crippen LogP contribution in [0.1, 0.15) is 20.8 Å². The Bertz CT molecular complexity index is 637. The first-order valence-corrected chi connectivity index (χ1v) is 11.6. The Morgan fingerprint density at radius 3 is 2.25 bits per heavy atom. The smallest absolute Gasteiger partial charge is 0.408 e. The van der Waals surface area contributed by atoms with Crippen molar-refractivity contribution < 1.29 is 40.0 Å². The molecule has 0 aromatic carbocycles. The van der Waals surface area contributed by atoms with Crippen LogP contribution in [-0.4, -0.2) is 51.8 Å². The molecule has 1 N–H and O–H groups in total. The molecule has 140 valence electrons. The van der Waals surface area contributed by atoms with Gasteiger partial charge in [0.15, 0.2) is 8.32 Å². The van der Waals surface area contributed by atoms with Crippen LogP contribution in [0.4, 0.5) is 13.2 Å². The summed E-state index contributed by atoms with van der Waals surface area (Å²) >= 11 is 0. The highest BCUT2D eigenvalue weighted by molar-refractivity contribution is 7.87. The fourth-order valence-corrected chi connectivity index (χ4v) is 3.76. The fraction of sp³-hybridized carbons (Fsp3) is 0.846. The number of hydrogen-bond acceptors (Lipinski definition) is 6. The second-order valence-corrected chi connectivity index (χ2v) is 13.7. The van der Waals surface area contributed by atoms with Crippen molar-refractivity contribution in [2.24, 2.45) is 0 Å². The molecule has 0 spiro atoms. The van der Waals surface area contributed by atoms with Gasteiger partial charge in [0.25, 0.3) is 0 Å². The lowest BCUT2D eigenvalue weighted by Gasteiger charge is -2.40. The van der Waals surface area contributed by atoms with Gasteiger partial charge in [-0.25, -0.2) is 0 Å². The molecule has 6 nitrogen and oxygen atoms in total. The van der Waals surface area contributed by atoms with Crippen LogP contribution in [0.2, 0.25) is 18.1 Å². The van der Waals surface area contributed by atoms with Gasteiger partial charge in [0.1, 0.15) is 24.1 Å². The molecule has 4 atom stereocenters. The Labute approximate surface area is 139 Å². The van der Waals surface area contributed by atoms with E-state index in [2.05, 4.69) is 4.18 Å². The minimum Gasteiger partial charge on any atom is -0.408 e. The van der Waals surface area contributed by atoms with E-state index in [-0.39, 0.29) is 5.04 Å². The molecule has 0 saturated carbocycles. The summed E-state index contributed by atoms with van der Waals surface area (Å²) in [5.41, 5.74) is -5.54. The molecule has 11 heteroatoms. The predicted molar refractivity (Wildman–Crippen MR) is 80.9 cm³/mol. The standard InChI is InChI=1S/C13H21F3O6SSi/c1-12(2,3)24(4,5)22-7-6-8(10-11(20-10)9(7)17)21-23(18,19)13(14,15)16/h6-7,9-11,17H,1-5H3/t7-,9+,10+,11-/m0/s1. The molecule has 1 saturated heterocycles. The van der Waals surface area contributed by atoms with Crippen LogP contribution in [-0.2, 0) is 23.5 Å². The second-order valence-electron chi connectivity index (χ2n) is 7.41. The van der Waals surface area contributed by atoms with Crippen molar-refractivity contribution in [2.45, 2.75) is 68.8 Å². The van der Waals surface area contributed by atoms with Gasteiger partial charge in [-0.15, -0.1) is 0 Å².